The molecule has 0 bridgehead atoms. The molecule has 9 heteroatoms. The molecule has 2 aromatic heterocycles. The Bertz CT molecular complexity index is 916. The molecule has 4 rings (SSSR count). The Morgan fingerprint density at radius 3 is 2.46 bits per heavy atom. The molecule has 148 valence electrons. The highest BCUT2D eigenvalue weighted by Gasteiger charge is 2.58. The smallest absolute Gasteiger partial charge is 0.418 e. The number of likely N-dealkylation sites (tertiary alicyclic amines) is 1. The maximum absolute atomic E-state index is 12.9. The Labute approximate surface area is 161 Å². The van der Waals surface area contributed by atoms with Crippen molar-refractivity contribution >= 4 is 17.9 Å². The van der Waals surface area contributed by atoms with Gasteiger partial charge in [0.2, 0.25) is 5.76 Å². The molecule has 4 heterocycles. The molecule has 28 heavy (non-hydrogen) atoms. The quantitative estimate of drug-likeness (QED) is 0.780. The van der Waals surface area contributed by atoms with Crippen LogP contribution >= 0.6 is 0 Å². The highest BCUT2D eigenvalue weighted by atomic mass is 16.6. The van der Waals surface area contributed by atoms with E-state index in [1.807, 2.05) is 0 Å². The lowest BCUT2D eigenvalue weighted by Gasteiger charge is -2.36. The summed E-state index contributed by atoms with van der Waals surface area (Å²) >= 11 is 0. The predicted octanol–water partition coefficient (Wildman–Crippen LogP) is 2.69. The van der Waals surface area contributed by atoms with Crippen LogP contribution in [0.1, 0.15) is 44.1 Å². The van der Waals surface area contributed by atoms with Crippen molar-refractivity contribution in [1.82, 2.24) is 15.0 Å². The highest BCUT2D eigenvalue weighted by molar-refractivity contribution is 6.04. The summed E-state index contributed by atoms with van der Waals surface area (Å²) in [7, 11) is 0. The van der Waals surface area contributed by atoms with Gasteiger partial charge in [0.25, 0.3) is 11.8 Å². The van der Waals surface area contributed by atoms with Crippen LogP contribution in [0.15, 0.2) is 33.4 Å². The van der Waals surface area contributed by atoms with E-state index in [1.54, 1.807) is 37.8 Å². The third kappa shape index (κ3) is 2.87. The van der Waals surface area contributed by atoms with Crippen LogP contribution in [0.3, 0.4) is 0 Å². The molecule has 0 N–H and O–H groups in total. The zero-order chi connectivity index (χ0) is 20.1. The molecule has 0 aliphatic carbocycles. The van der Waals surface area contributed by atoms with E-state index in [1.165, 1.54) is 12.3 Å². The monoisotopic (exact) mass is 387 g/mol. The Morgan fingerprint density at radius 1 is 1.18 bits per heavy atom. The second-order valence-corrected chi connectivity index (χ2v) is 8.02. The summed E-state index contributed by atoms with van der Waals surface area (Å²) < 4.78 is 15.9. The van der Waals surface area contributed by atoms with Crippen molar-refractivity contribution in [3.8, 4) is 11.5 Å². The van der Waals surface area contributed by atoms with Gasteiger partial charge in [-0.3, -0.25) is 9.59 Å². The maximum atomic E-state index is 12.9. The minimum absolute atomic E-state index is 0.161. The lowest BCUT2D eigenvalue weighted by Crippen LogP contribution is -2.54. The van der Waals surface area contributed by atoms with Crippen molar-refractivity contribution < 1.29 is 28.1 Å². The first-order chi connectivity index (χ1) is 13.2. The van der Waals surface area contributed by atoms with Crippen molar-refractivity contribution in [3.63, 3.8) is 0 Å². The molecule has 0 aromatic carbocycles. The molecular weight excluding hydrogens is 366 g/mol. The van der Waals surface area contributed by atoms with Crippen molar-refractivity contribution in [2.75, 3.05) is 13.1 Å². The molecular formula is C19H21N3O6. The predicted molar refractivity (Wildman–Crippen MR) is 95.2 cm³/mol. The van der Waals surface area contributed by atoms with Crippen molar-refractivity contribution in [2.24, 2.45) is 0 Å². The summed E-state index contributed by atoms with van der Waals surface area (Å²) in [5, 5.41) is 3.82. The molecule has 0 unspecified atom stereocenters. The van der Waals surface area contributed by atoms with Crippen molar-refractivity contribution in [3.05, 3.63) is 30.2 Å². The number of amides is 3. The van der Waals surface area contributed by atoms with Crippen molar-refractivity contribution in [2.45, 2.75) is 44.8 Å². The zero-order valence-electron chi connectivity index (χ0n) is 15.9. The van der Waals surface area contributed by atoms with Crippen molar-refractivity contribution in [1.29, 1.82) is 0 Å². The summed E-state index contributed by atoms with van der Waals surface area (Å²) in [6.07, 6.45) is 1.37. The Hall–Kier alpha value is -3.10. The SMILES string of the molecule is CC(C)(C)N1C(=O)OC2(CCN(C(=O)c3cc(-c4ccco4)on3)CC2)C1=O. The largest absolute Gasteiger partial charge is 0.461 e. The standard InChI is InChI=1S/C19H21N3O6/c1-18(2,3)22-16(24)19(27-17(22)25)6-8-21(9-7-19)15(23)12-11-14(28-20-12)13-5-4-10-26-13/h4-5,10-11H,6-9H2,1-3H3. The van der Waals surface area contributed by atoms with E-state index in [-0.39, 0.29) is 43.4 Å². The summed E-state index contributed by atoms with van der Waals surface area (Å²) in [6.45, 7) is 5.90. The Kier molecular flexibility index (Phi) is 4.06. The fourth-order valence-corrected chi connectivity index (χ4v) is 3.58. The molecule has 2 fully saturated rings. The zero-order valence-corrected chi connectivity index (χ0v) is 15.9. The topological polar surface area (TPSA) is 106 Å². The van der Waals surface area contributed by atoms with E-state index in [0.29, 0.717) is 11.5 Å². The van der Waals surface area contributed by atoms with Gasteiger partial charge in [-0.15, -0.1) is 0 Å². The molecule has 2 aromatic rings. The van der Waals surface area contributed by atoms with E-state index in [4.69, 9.17) is 13.7 Å². The number of imide groups is 1. The number of nitrogens with zero attached hydrogens (tertiary/aromatic N) is 3. The van der Waals surface area contributed by atoms with E-state index < -0.39 is 17.2 Å². The van der Waals surface area contributed by atoms with Crippen LogP contribution in [0.2, 0.25) is 0 Å². The van der Waals surface area contributed by atoms with Gasteiger partial charge in [-0.05, 0) is 32.9 Å². The van der Waals surface area contributed by atoms with Crippen LogP contribution in [-0.4, -0.2) is 57.1 Å². The van der Waals surface area contributed by atoms with Crippen LogP contribution in [0, 0.1) is 0 Å². The number of rotatable bonds is 2. The third-order valence-electron chi connectivity index (χ3n) is 5.08. The summed E-state index contributed by atoms with van der Waals surface area (Å²) in [6, 6.07) is 4.94. The fraction of sp³-hybridized carbons (Fsp3) is 0.474. The number of aromatic nitrogens is 1. The number of carbonyl (C=O) groups is 3. The first-order valence-corrected chi connectivity index (χ1v) is 9.09. The number of carbonyl (C=O) groups excluding carboxylic acids is 3. The summed E-state index contributed by atoms with van der Waals surface area (Å²) in [4.78, 5) is 40.6. The second-order valence-electron chi connectivity index (χ2n) is 8.02. The van der Waals surface area contributed by atoms with Gasteiger partial charge in [-0.2, -0.15) is 0 Å². The van der Waals surface area contributed by atoms with Gasteiger partial charge in [-0.25, -0.2) is 9.69 Å². The van der Waals surface area contributed by atoms with Crippen LogP contribution in [-0.2, 0) is 9.53 Å². The lowest BCUT2D eigenvalue weighted by atomic mass is 9.89. The molecule has 0 radical (unpaired) electrons. The molecule has 0 saturated carbocycles. The van der Waals surface area contributed by atoms with Crippen LogP contribution in [0.4, 0.5) is 4.79 Å². The summed E-state index contributed by atoms with van der Waals surface area (Å²) in [5.74, 6) is 0.205. The molecule has 9 nitrogen and oxygen atoms in total. The number of hydrogen-bond donors (Lipinski definition) is 0. The normalized spacial score (nSPS) is 19.4. The van der Waals surface area contributed by atoms with E-state index in [9.17, 15) is 14.4 Å². The minimum atomic E-state index is -1.19. The number of furan rings is 1. The van der Waals surface area contributed by atoms with Gasteiger partial charge in [0.15, 0.2) is 17.1 Å². The number of hydrogen-bond acceptors (Lipinski definition) is 7. The Morgan fingerprint density at radius 2 is 1.89 bits per heavy atom. The van der Waals surface area contributed by atoms with Gasteiger partial charge in [0, 0.05) is 37.5 Å². The highest BCUT2D eigenvalue weighted by Crippen LogP contribution is 2.38. The Balaban J connectivity index is 1.45. The summed E-state index contributed by atoms with van der Waals surface area (Å²) in [5.41, 5.74) is -1.69. The number of ether oxygens (including phenoxy) is 1. The van der Waals surface area contributed by atoms with Gasteiger partial charge in [-0.1, -0.05) is 5.16 Å². The van der Waals surface area contributed by atoms with E-state index in [0.717, 1.165) is 4.90 Å². The van der Waals surface area contributed by atoms with Gasteiger partial charge in [0.05, 0.1) is 6.26 Å². The van der Waals surface area contributed by atoms with Gasteiger partial charge < -0.3 is 18.6 Å². The maximum Gasteiger partial charge on any atom is 0.418 e. The van der Waals surface area contributed by atoms with Gasteiger partial charge >= 0.3 is 6.09 Å². The second kappa shape index (κ2) is 6.22. The minimum Gasteiger partial charge on any atom is -0.461 e. The van der Waals surface area contributed by atoms with Crippen LogP contribution in [0.5, 0.6) is 0 Å². The van der Waals surface area contributed by atoms with E-state index in [2.05, 4.69) is 5.16 Å². The molecule has 3 amide bonds. The molecule has 2 aliphatic rings. The van der Waals surface area contributed by atoms with Crippen LogP contribution in [0.25, 0.3) is 11.5 Å². The third-order valence-corrected chi connectivity index (χ3v) is 5.08. The molecule has 2 aliphatic heterocycles. The molecule has 2 saturated heterocycles. The first kappa shape index (κ1) is 18.3. The number of piperidine rings is 1. The first-order valence-electron chi connectivity index (χ1n) is 9.09. The molecule has 0 atom stereocenters. The molecule has 1 spiro atoms. The van der Waals surface area contributed by atoms with Gasteiger partial charge in [0.1, 0.15) is 0 Å². The lowest BCUT2D eigenvalue weighted by molar-refractivity contribution is -0.142. The van der Waals surface area contributed by atoms with E-state index >= 15 is 0 Å². The van der Waals surface area contributed by atoms with Crippen LogP contribution < -0.4 is 0 Å². The average molecular weight is 387 g/mol. The average Bonchev–Trinajstić information content (AvgIpc) is 3.35. The fourth-order valence-electron chi connectivity index (χ4n) is 3.58.